The van der Waals surface area contributed by atoms with Crippen molar-refractivity contribution in [3.05, 3.63) is 42.2 Å². The summed E-state index contributed by atoms with van der Waals surface area (Å²) < 4.78 is 5.16. The van der Waals surface area contributed by atoms with Crippen molar-refractivity contribution < 1.29 is 14.6 Å². The zero-order chi connectivity index (χ0) is 15.2. The van der Waals surface area contributed by atoms with Crippen molar-refractivity contribution in [3.8, 4) is 17.1 Å². The predicted molar refractivity (Wildman–Crippen MR) is 78.0 cm³/mol. The minimum absolute atomic E-state index is 0.0966. The molecule has 0 saturated heterocycles. The Bertz CT molecular complexity index is 614. The van der Waals surface area contributed by atoms with Gasteiger partial charge in [-0.05, 0) is 19.1 Å². The maximum atomic E-state index is 11.9. The fourth-order valence-corrected chi connectivity index (χ4v) is 1.80. The molecule has 2 aromatic rings. The van der Waals surface area contributed by atoms with Crippen molar-refractivity contribution in [3.63, 3.8) is 0 Å². The minimum atomic E-state index is -0.280. The van der Waals surface area contributed by atoms with Gasteiger partial charge < -0.3 is 15.2 Å². The lowest BCUT2D eigenvalue weighted by atomic mass is 10.1. The third-order valence-corrected chi connectivity index (χ3v) is 2.93. The highest BCUT2D eigenvalue weighted by molar-refractivity contribution is 5.94. The van der Waals surface area contributed by atoms with Crippen LogP contribution in [0.5, 0.6) is 5.88 Å². The van der Waals surface area contributed by atoms with Gasteiger partial charge in [0.15, 0.2) is 0 Å². The molecule has 21 heavy (non-hydrogen) atoms. The molecule has 2 rings (SSSR count). The third-order valence-electron chi connectivity index (χ3n) is 2.93. The second-order valence-corrected chi connectivity index (χ2v) is 4.55. The third kappa shape index (κ3) is 3.55. The molecule has 6 heteroatoms. The van der Waals surface area contributed by atoms with Gasteiger partial charge in [-0.25, -0.2) is 9.97 Å². The van der Waals surface area contributed by atoms with E-state index in [4.69, 9.17) is 9.84 Å². The molecule has 0 spiro atoms. The topological polar surface area (TPSA) is 84.3 Å². The molecule has 1 amide bonds. The molecule has 1 atom stereocenters. The number of amides is 1. The Morgan fingerprint density at radius 1 is 1.29 bits per heavy atom. The van der Waals surface area contributed by atoms with E-state index in [9.17, 15) is 4.79 Å². The van der Waals surface area contributed by atoms with Crippen LogP contribution in [0.15, 0.2) is 36.7 Å². The number of aliphatic hydroxyl groups excluding tert-OH is 1. The Hall–Kier alpha value is -2.47. The van der Waals surface area contributed by atoms with Gasteiger partial charge in [-0.15, -0.1) is 0 Å². The number of hydrogen-bond acceptors (Lipinski definition) is 5. The summed E-state index contributed by atoms with van der Waals surface area (Å²) in [5.41, 5.74) is 1.95. The molecule has 0 radical (unpaired) electrons. The van der Waals surface area contributed by atoms with E-state index < -0.39 is 0 Å². The van der Waals surface area contributed by atoms with Crippen molar-refractivity contribution in [2.24, 2.45) is 0 Å². The average molecular weight is 287 g/mol. The molecule has 0 bridgehead atoms. The number of rotatable bonds is 5. The number of aliphatic hydroxyl groups is 1. The molecule has 0 aliphatic rings. The van der Waals surface area contributed by atoms with Crippen molar-refractivity contribution in [1.82, 2.24) is 15.3 Å². The van der Waals surface area contributed by atoms with Crippen LogP contribution in [0.3, 0.4) is 0 Å². The molecule has 1 aromatic carbocycles. The first-order chi connectivity index (χ1) is 10.2. The van der Waals surface area contributed by atoms with Gasteiger partial charge in [0.25, 0.3) is 5.91 Å². The maximum Gasteiger partial charge on any atom is 0.251 e. The maximum absolute atomic E-state index is 11.9. The Morgan fingerprint density at radius 2 is 1.95 bits per heavy atom. The monoisotopic (exact) mass is 287 g/mol. The first-order valence-electron chi connectivity index (χ1n) is 6.53. The Morgan fingerprint density at radius 3 is 2.57 bits per heavy atom. The summed E-state index contributed by atoms with van der Waals surface area (Å²) in [5, 5.41) is 11.6. The van der Waals surface area contributed by atoms with Gasteiger partial charge in [-0.3, -0.25) is 4.79 Å². The molecule has 6 nitrogen and oxygen atoms in total. The van der Waals surface area contributed by atoms with Gasteiger partial charge >= 0.3 is 0 Å². The molecular formula is C15H17N3O3. The van der Waals surface area contributed by atoms with Gasteiger partial charge in [0, 0.05) is 29.6 Å². The van der Waals surface area contributed by atoms with E-state index in [1.165, 1.54) is 7.11 Å². The normalized spacial score (nSPS) is 11.8. The Kier molecular flexibility index (Phi) is 4.84. The first-order valence-corrected chi connectivity index (χ1v) is 6.53. The van der Waals surface area contributed by atoms with Crippen LogP contribution >= 0.6 is 0 Å². The Labute approximate surface area is 122 Å². The molecule has 0 fully saturated rings. The number of methoxy groups -OCH3 is 1. The van der Waals surface area contributed by atoms with Crippen molar-refractivity contribution in [2.45, 2.75) is 13.0 Å². The molecule has 1 heterocycles. The fourth-order valence-electron chi connectivity index (χ4n) is 1.80. The van der Waals surface area contributed by atoms with Gasteiger partial charge in [0.2, 0.25) is 5.88 Å². The molecule has 0 aliphatic carbocycles. The lowest BCUT2D eigenvalue weighted by Gasteiger charge is -2.11. The number of nitrogens with one attached hydrogen (secondary N) is 1. The quantitative estimate of drug-likeness (QED) is 0.865. The fraction of sp³-hybridized carbons (Fsp3) is 0.267. The number of aromatic nitrogens is 2. The van der Waals surface area contributed by atoms with E-state index in [0.717, 1.165) is 5.56 Å². The van der Waals surface area contributed by atoms with Crippen LogP contribution in [-0.4, -0.2) is 40.7 Å². The first kappa shape index (κ1) is 14.9. The van der Waals surface area contributed by atoms with Crippen LogP contribution in [0.25, 0.3) is 11.3 Å². The average Bonchev–Trinajstić information content (AvgIpc) is 2.54. The lowest BCUT2D eigenvalue weighted by molar-refractivity contribution is 0.0922. The highest BCUT2D eigenvalue weighted by Gasteiger charge is 2.11. The molecule has 110 valence electrons. The number of carbonyl (C=O) groups excluding carboxylic acids is 1. The van der Waals surface area contributed by atoms with Gasteiger partial charge in [-0.1, -0.05) is 12.1 Å². The van der Waals surface area contributed by atoms with Gasteiger partial charge in [0.1, 0.15) is 5.69 Å². The van der Waals surface area contributed by atoms with E-state index in [-0.39, 0.29) is 18.6 Å². The molecule has 0 aliphatic heterocycles. The Balaban J connectivity index is 2.21. The van der Waals surface area contributed by atoms with Crippen LogP contribution in [0.1, 0.15) is 17.3 Å². The van der Waals surface area contributed by atoms with Gasteiger partial charge in [0.05, 0.1) is 13.7 Å². The second-order valence-electron chi connectivity index (χ2n) is 4.55. The van der Waals surface area contributed by atoms with E-state index in [1.807, 2.05) is 0 Å². The zero-order valence-corrected chi connectivity index (χ0v) is 11.9. The van der Waals surface area contributed by atoms with Crippen LogP contribution in [0.4, 0.5) is 0 Å². The SMILES string of the molecule is COc1nccnc1-c1ccc(C(=O)NC(C)CO)cc1. The highest BCUT2D eigenvalue weighted by atomic mass is 16.5. The summed E-state index contributed by atoms with van der Waals surface area (Å²) in [6.45, 7) is 1.64. The summed E-state index contributed by atoms with van der Waals surface area (Å²) in [5.74, 6) is 0.206. The second kappa shape index (κ2) is 6.81. The van der Waals surface area contributed by atoms with Crippen molar-refractivity contribution >= 4 is 5.91 Å². The van der Waals surface area contributed by atoms with E-state index in [1.54, 1.807) is 43.6 Å². The summed E-state index contributed by atoms with van der Waals surface area (Å²) in [6, 6.07) is 6.68. The van der Waals surface area contributed by atoms with Crippen LogP contribution in [0, 0.1) is 0 Å². The molecule has 1 aromatic heterocycles. The van der Waals surface area contributed by atoms with E-state index >= 15 is 0 Å². The predicted octanol–water partition coefficient (Wildman–Crippen LogP) is 1.26. The van der Waals surface area contributed by atoms with Crippen LogP contribution in [-0.2, 0) is 0 Å². The zero-order valence-electron chi connectivity index (χ0n) is 11.9. The highest BCUT2D eigenvalue weighted by Crippen LogP contribution is 2.25. The number of carbonyl (C=O) groups is 1. The number of nitrogens with zero attached hydrogens (tertiary/aromatic N) is 2. The minimum Gasteiger partial charge on any atom is -0.479 e. The standard InChI is InChI=1S/C15H17N3O3/c1-10(9-19)18-14(20)12-5-3-11(4-6-12)13-15(21-2)17-8-7-16-13/h3-8,10,19H,9H2,1-2H3,(H,18,20). The summed E-state index contributed by atoms with van der Waals surface area (Å²) >= 11 is 0. The largest absolute Gasteiger partial charge is 0.479 e. The van der Waals surface area contributed by atoms with Crippen LogP contribution < -0.4 is 10.1 Å². The summed E-state index contributed by atoms with van der Waals surface area (Å²) in [6.07, 6.45) is 3.14. The number of benzene rings is 1. The molecular weight excluding hydrogens is 270 g/mol. The number of ether oxygens (including phenoxy) is 1. The molecule has 0 saturated carbocycles. The molecule has 1 unspecified atom stereocenters. The van der Waals surface area contributed by atoms with E-state index in [2.05, 4.69) is 15.3 Å². The molecule has 2 N–H and O–H groups in total. The number of hydrogen-bond donors (Lipinski definition) is 2. The summed E-state index contributed by atoms with van der Waals surface area (Å²) in [7, 11) is 1.53. The van der Waals surface area contributed by atoms with Gasteiger partial charge in [-0.2, -0.15) is 0 Å². The van der Waals surface area contributed by atoms with Crippen molar-refractivity contribution in [1.29, 1.82) is 0 Å². The van der Waals surface area contributed by atoms with E-state index in [0.29, 0.717) is 17.1 Å². The summed E-state index contributed by atoms with van der Waals surface area (Å²) in [4.78, 5) is 20.2. The smallest absolute Gasteiger partial charge is 0.251 e. The lowest BCUT2D eigenvalue weighted by Crippen LogP contribution is -2.34. The van der Waals surface area contributed by atoms with Crippen LogP contribution in [0.2, 0.25) is 0 Å². The van der Waals surface area contributed by atoms with Crippen molar-refractivity contribution in [2.75, 3.05) is 13.7 Å².